The molecule has 0 fully saturated rings. The summed E-state index contributed by atoms with van der Waals surface area (Å²) in [7, 11) is 0. The molecule has 0 spiro atoms. The molecule has 10 heteroatoms. The van der Waals surface area contributed by atoms with Gasteiger partial charge in [0.1, 0.15) is 15.7 Å². The van der Waals surface area contributed by atoms with Crippen LogP contribution in [0.4, 0.5) is 15.1 Å². The fraction of sp³-hybridized carbons (Fsp3) is 0.278. The minimum Gasteiger partial charge on any atom is -0.462 e. The molecule has 0 saturated carbocycles. The molecule has 0 saturated heterocycles. The number of nitrogens with one attached hydrogen (secondary N) is 2. The minimum atomic E-state index is -0.582. The first-order valence-corrected chi connectivity index (χ1v) is 9.89. The number of carbonyl (C=O) groups is 2. The van der Waals surface area contributed by atoms with E-state index in [1.165, 1.54) is 18.2 Å². The number of esters is 2. The standard InChI is InChI=1S/C18H18ClFN2O4S2/c1-4-25-16(23)13-9(3)14(17(24)26-5-2)28-15(13)22-18(27)21-10-6-7-12(20)11(19)8-10/h6-8H,4-5H2,1-3H3,(H2,21,22,27). The Hall–Kier alpha value is -2.23. The summed E-state index contributed by atoms with van der Waals surface area (Å²) in [5, 5.41) is 6.14. The van der Waals surface area contributed by atoms with Crippen molar-refractivity contribution in [3.8, 4) is 0 Å². The van der Waals surface area contributed by atoms with E-state index in [0.717, 1.165) is 11.3 Å². The lowest BCUT2D eigenvalue weighted by Crippen LogP contribution is -2.20. The third-order valence-corrected chi connectivity index (χ3v) is 5.17. The Morgan fingerprint density at radius 3 is 2.43 bits per heavy atom. The van der Waals surface area contributed by atoms with Crippen LogP contribution >= 0.6 is 35.2 Å². The number of benzene rings is 1. The number of thiocarbonyl (C=S) groups is 1. The third kappa shape index (κ3) is 5.18. The normalized spacial score (nSPS) is 10.3. The molecule has 1 aromatic carbocycles. The van der Waals surface area contributed by atoms with Crippen molar-refractivity contribution in [3.63, 3.8) is 0 Å². The zero-order valence-electron chi connectivity index (χ0n) is 15.4. The van der Waals surface area contributed by atoms with Crippen molar-refractivity contribution in [3.05, 3.63) is 45.0 Å². The van der Waals surface area contributed by atoms with Gasteiger partial charge >= 0.3 is 11.9 Å². The summed E-state index contributed by atoms with van der Waals surface area (Å²) < 4.78 is 23.4. The highest BCUT2D eigenvalue weighted by Gasteiger charge is 2.26. The highest BCUT2D eigenvalue weighted by molar-refractivity contribution is 7.80. The summed E-state index contributed by atoms with van der Waals surface area (Å²) in [5.41, 5.74) is 1.11. The average molecular weight is 445 g/mol. The first-order valence-electron chi connectivity index (χ1n) is 8.29. The average Bonchev–Trinajstić information content (AvgIpc) is 2.94. The van der Waals surface area contributed by atoms with Crippen molar-refractivity contribution in [2.75, 3.05) is 23.8 Å². The summed E-state index contributed by atoms with van der Waals surface area (Å²) >= 11 is 12.0. The molecular formula is C18H18ClFN2O4S2. The topological polar surface area (TPSA) is 76.7 Å². The van der Waals surface area contributed by atoms with E-state index in [9.17, 15) is 14.0 Å². The molecule has 0 radical (unpaired) electrons. The summed E-state index contributed by atoms with van der Waals surface area (Å²) in [6.45, 7) is 5.40. The Morgan fingerprint density at radius 2 is 1.82 bits per heavy atom. The third-order valence-electron chi connectivity index (χ3n) is 3.49. The quantitative estimate of drug-likeness (QED) is 0.479. The van der Waals surface area contributed by atoms with E-state index in [0.29, 0.717) is 16.3 Å². The second-order valence-corrected chi connectivity index (χ2v) is 7.25. The van der Waals surface area contributed by atoms with Crippen LogP contribution < -0.4 is 10.6 Å². The molecule has 0 aliphatic heterocycles. The largest absolute Gasteiger partial charge is 0.462 e. The minimum absolute atomic E-state index is 0.0587. The van der Waals surface area contributed by atoms with Crippen LogP contribution in [0.2, 0.25) is 5.02 Å². The summed E-state index contributed by atoms with van der Waals surface area (Å²) in [4.78, 5) is 24.8. The van der Waals surface area contributed by atoms with Crippen LogP contribution in [0, 0.1) is 12.7 Å². The zero-order valence-corrected chi connectivity index (χ0v) is 17.7. The predicted octanol–water partition coefficient (Wildman–Crippen LogP) is 5.01. The van der Waals surface area contributed by atoms with Crippen molar-refractivity contribution in [2.24, 2.45) is 0 Å². The highest BCUT2D eigenvalue weighted by atomic mass is 35.5. The van der Waals surface area contributed by atoms with Crippen molar-refractivity contribution in [1.29, 1.82) is 0 Å². The molecule has 2 aromatic rings. The van der Waals surface area contributed by atoms with Gasteiger partial charge < -0.3 is 20.1 Å². The molecule has 0 atom stereocenters. The van der Waals surface area contributed by atoms with Crippen LogP contribution in [0.5, 0.6) is 0 Å². The molecule has 1 aromatic heterocycles. The number of carbonyl (C=O) groups excluding carboxylic acids is 2. The fourth-order valence-corrected chi connectivity index (χ4v) is 3.84. The molecule has 0 aliphatic rings. The molecule has 150 valence electrons. The lowest BCUT2D eigenvalue weighted by atomic mass is 10.1. The Labute approximate surface area is 176 Å². The number of rotatable bonds is 6. The summed E-state index contributed by atoms with van der Waals surface area (Å²) in [6, 6.07) is 4.04. The van der Waals surface area contributed by atoms with Gasteiger partial charge in [-0.3, -0.25) is 0 Å². The Balaban J connectivity index is 2.30. The van der Waals surface area contributed by atoms with E-state index in [1.807, 2.05) is 0 Å². The number of thiophene rings is 1. The highest BCUT2D eigenvalue weighted by Crippen LogP contribution is 2.34. The van der Waals surface area contributed by atoms with Gasteiger partial charge in [0.25, 0.3) is 0 Å². The Morgan fingerprint density at radius 1 is 1.18 bits per heavy atom. The summed E-state index contributed by atoms with van der Waals surface area (Å²) in [6.07, 6.45) is 0. The van der Waals surface area contributed by atoms with Crippen molar-refractivity contribution in [1.82, 2.24) is 0 Å². The van der Waals surface area contributed by atoms with E-state index in [1.54, 1.807) is 20.8 Å². The van der Waals surface area contributed by atoms with Crippen molar-refractivity contribution >= 4 is 62.9 Å². The van der Waals surface area contributed by atoms with Crippen molar-refractivity contribution < 1.29 is 23.5 Å². The van der Waals surface area contributed by atoms with E-state index in [4.69, 9.17) is 33.3 Å². The monoisotopic (exact) mass is 444 g/mol. The van der Waals surface area contributed by atoms with Gasteiger partial charge in [0.15, 0.2) is 5.11 Å². The summed E-state index contributed by atoms with van der Waals surface area (Å²) in [5.74, 6) is -1.67. The van der Waals surface area contributed by atoms with E-state index >= 15 is 0 Å². The van der Waals surface area contributed by atoms with Gasteiger partial charge in [-0.05, 0) is 56.8 Å². The lowest BCUT2D eigenvalue weighted by molar-refractivity contribution is 0.0527. The maximum absolute atomic E-state index is 13.3. The lowest BCUT2D eigenvalue weighted by Gasteiger charge is -2.11. The van der Waals surface area contributed by atoms with E-state index < -0.39 is 17.8 Å². The van der Waals surface area contributed by atoms with Gasteiger partial charge in [-0.25, -0.2) is 14.0 Å². The molecule has 2 rings (SSSR count). The number of ether oxygens (including phenoxy) is 2. The number of anilines is 2. The smallest absolute Gasteiger partial charge is 0.348 e. The predicted molar refractivity (Wildman–Crippen MR) is 112 cm³/mol. The molecule has 2 N–H and O–H groups in total. The molecule has 0 unspecified atom stereocenters. The van der Waals surface area contributed by atoms with Gasteiger partial charge in [-0.2, -0.15) is 0 Å². The van der Waals surface area contributed by atoms with E-state index in [-0.39, 0.29) is 33.8 Å². The molecule has 1 heterocycles. The van der Waals surface area contributed by atoms with Crippen LogP contribution in [0.1, 0.15) is 39.4 Å². The zero-order chi connectivity index (χ0) is 20.8. The van der Waals surface area contributed by atoms with Crippen LogP contribution in [0.25, 0.3) is 0 Å². The van der Waals surface area contributed by atoms with Gasteiger partial charge in [0.05, 0.1) is 23.8 Å². The molecule has 0 bridgehead atoms. The van der Waals surface area contributed by atoms with Gasteiger partial charge in [0.2, 0.25) is 0 Å². The maximum Gasteiger partial charge on any atom is 0.348 e. The first kappa shape index (κ1) is 22.1. The number of hydrogen-bond acceptors (Lipinski definition) is 6. The van der Waals surface area contributed by atoms with Crippen LogP contribution in [0.15, 0.2) is 18.2 Å². The van der Waals surface area contributed by atoms with Gasteiger partial charge in [-0.1, -0.05) is 11.6 Å². The van der Waals surface area contributed by atoms with Crippen LogP contribution in [-0.2, 0) is 9.47 Å². The second kappa shape index (κ2) is 9.81. The second-order valence-electron chi connectivity index (χ2n) is 5.41. The Kier molecular flexibility index (Phi) is 7.73. The van der Waals surface area contributed by atoms with Crippen LogP contribution in [-0.4, -0.2) is 30.3 Å². The maximum atomic E-state index is 13.3. The number of halogens is 2. The molecule has 28 heavy (non-hydrogen) atoms. The van der Waals surface area contributed by atoms with Gasteiger partial charge in [-0.15, -0.1) is 11.3 Å². The van der Waals surface area contributed by atoms with Crippen molar-refractivity contribution in [2.45, 2.75) is 20.8 Å². The first-order chi connectivity index (χ1) is 13.3. The van der Waals surface area contributed by atoms with E-state index in [2.05, 4.69) is 10.6 Å². The Bertz CT molecular complexity index is 917. The molecule has 0 amide bonds. The molecule has 0 aliphatic carbocycles. The molecular weight excluding hydrogens is 427 g/mol. The van der Waals surface area contributed by atoms with Crippen LogP contribution in [0.3, 0.4) is 0 Å². The van der Waals surface area contributed by atoms with Gasteiger partial charge in [0, 0.05) is 5.69 Å². The molecule has 6 nitrogen and oxygen atoms in total. The fourth-order valence-electron chi connectivity index (χ4n) is 2.28. The SMILES string of the molecule is CCOC(=O)c1sc(NC(=S)Nc2ccc(F)c(Cl)c2)c(C(=O)OCC)c1C. The number of hydrogen-bond donors (Lipinski definition) is 2.